The van der Waals surface area contributed by atoms with Crippen molar-refractivity contribution >= 4 is 12.2 Å². The molecule has 0 saturated heterocycles. The van der Waals surface area contributed by atoms with Crippen molar-refractivity contribution in [2.75, 3.05) is 13.7 Å². The Morgan fingerprint density at radius 2 is 2.27 bits per heavy atom. The van der Waals surface area contributed by atoms with Gasteiger partial charge in [-0.25, -0.2) is 0 Å². The summed E-state index contributed by atoms with van der Waals surface area (Å²) in [6.45, 7) is 5.75. The summed E-state index contributed by atoms with van der Waals surface area (Å²) >= 11 is 5.10. The number of hydrogen-bond donors (Lipinski definition) is 1. The zero-order valence-corrected chi connectivity index (χ0v) is 10.1. The van der Waals surface area contributed by atoms with Gasteiger partial charge >= 0.3 is 0 Å². The first kappa shape index (κ1) is 12.4. The van der Waals surface area contributed by atoms with Crippen LogP contribution < -0.4 is 0 Å². The Labute approximate surface area is 94.4 Å². The van der Waals surface area contributed by atoms with Crippen molar-refractivity contribution in [1.82, 2.24) is 14.8 Å². The van der Waals surface area contributed by atoms with Gasteiger partial charge in [0.15, 0.2) is 10.6 Å². The summed E-state index contributed by atoms with van der Waals surface area (Å²) in [4.78, 5) is 0. The highest BCUT2D eigenvalue weighted by Gasteiger charge is 2.06. The van der Waals surface area contributed by atoms with Crippen LogP contribution >= 0.6 is 12.2 Å². The first-order valence-corrected chi connectivity index (χ1v) is 5.30. The molecule has 5 nitrogen and oxygen atoms in total. The highest BCUT2D eigenvalue weighted by atomic mass is 32.1. The van der Waals surface area contributed by atoms with Crippen LogP contribution in [0.25, 0.3) is 0 Å². The third-order valence-electron chi connectivity index (χ3n) is 1.90. The van der Waals surface area contributed by atoms with Gasteiger partial charge in [-0.15, -0.1) is 0 Å². The van der Waals surface area contributed by atoms with E-state index in [0.717, 1.165) is 5.82 Å². The molecule has 6 heteroatoms. The third-order valence-corrected chi connectivity index (χ3v) is 2.21. The second-order valence-corrected chi connectivity index (χ2v) is 3.84. The van der Waals surface area contributed by atoms with Gasteiger partial charge in [0, 0.05) is 7.11 Å². The predicted octanol–water partition coefficient (Wildman–Crippen LogP) is 1.51. The molecule has 1 heterocycles. The lowest BCUT2D eigenvalue weighted by Gasteiger charge is -2.08. The van der Waals surface area contributed by atoms with Crippen LogP contribution in [0.3, 0.4) is 0 Å². The second kappa shape index (κ2) is 5.99. The highest BCUT2D eigenvalue weighted by molar-refractivity contribution is 7.71. The molecule has 86 valence electrons. The fourth-order valence-electron chi connectivity index (χ4n) is 1.11. The highest BCUT2D eigenvalue weighted by Crippen LogP contribution is 2.02. The molecule has 0 aromatic carbocycles. The van der Waals surface area contributed by atoms with E-state index in [-0.39, 0.29) is 6.10 Å². The monoisotopic (exact) mass is 231 g/mol. The van der Waals surface area contributed by atoms with Gasteiger partial charge in [-0.1, -0.05) is 0 Å². The molecule has 15 heavy (non-hydrogen) atoms. The first-order valence-electron chi connectivity index (χ1n) is 4.89. The van der Waals surface area contributed by atoms with E-state index < -0.39 is 0 Å². The van der Waals surface area contributed by atoms with Crippen molar-refractivity contribution in [3.63, 3.8) is 0 Å². The maximum atomic E-state index is 5.47. The third kappa shape index (κ3) is 3.73. The molecule has 0 aliphatic carbocycles. The van der Waals surface area contributed by atoms with Crippen LogP contribution in [-0.2, 0) is 22.6 Å². The lowest BCUT2D eigenvalue weighted by molar-refractivity contribution is 0.0584. The normalized spacial score (nSPS) is 11.2. The number of aromatic nitrogens is 3. The average molecular weight is 231 g/mol. The molecule has 1 rings (SSSR count). The van der Waals surface area contributed by atoms with E-state index in [0.29, 0.717) is 24.5 Å². The SMILES string of the molecule is COCCn1c(COC(C)C)n[nH]c1=S. The molecule has 0 unspecified atom stereocenters. The average Bonchev–Trinajstić information content (AvgIpc) is 2.53. The molecule has 0 amide bonds. The Hall–Kier alpha value is -0.720. The largest absolute Gasteiger partial charge is 0.383 e. The van der Waals surface area contributed by atoms with Gasteiger partial charge in [-0.2, -0.15) is 5.10 Å². The van der Waals surface area contributed by atoms with Gasteiger partial charge in [0.1, 0.15) is 6.61 Å². The summed E-state index contributed by atoms with van der Waals surface area (Å²) in [6, 6.07) is 0. The van der Waals surface area contributed by atoms with Gasteiger partial charge in [0.2, 0.25) is 0 Å². The number of nitrogens with zero attached hydrogens (tertiary/aromatic N) is 2. The lowest BCUT2D eigenvalue weighted by atomic mass is 10.5. The summed E-state index contributed by atoms with van der Waals surface area (Å²) < 4.78 is 13.0. The van der Waals surface area contributed by atoms with Crippen LogP contribution in [0.2, 0.25) is 0 Å². The Balaban J connectivity index is 2.66. The van der Waals surface area contributed by atoms with Gasteiger partial charge < -0.3 is 9.47 Å². The van der Waals surface area contributed by atoms with Crippen molar-refractivity contribution in [3.05, 3.63) is 10.6 Å². The van der Waals surface area contributed by atoms with Crippen molar-refractivity contribution in [2.45, 2.75) is 33.1 Å². The number of aromatic amines is 1. The number of methoxy groups -OCH3 is 1. The van der Waals surface area contributed by atoms with Crippen LogP contribution in [0.15, 0.2) is 0 Å². The van der Waals surface area contributed by atoms with Gasteiger partial charge in [-0.05, 0) is 26.1 Å². The smallest absolute Gasteiger partial charge is 0.195 e. The van der Waals surface area contributed by atoms with E-state index in [2.05, 4.69) is 10.2 Å². The second-order valence-electron chi connectivity index (χ2n) is 3.45. The topological polar surface area (TPSA) is 52.1 Å². The Bertz CT molecular complexity index is 345. The molecule has 0 aliphatic heterocycles. The Kier molecular flexibility index (Phi) is 4.93. The standard InChI is InChI=1S/C9H17N3O2S/c1-7(2)14-6-8-10-11-9(15)12(8)4-5-13-3/h7H,4-6H2,1-3H3,(H,11,15). The molecule has 0 fully saturated rings. The number of rotatable bonds is 6. The molecule has 1 N–H and O–H groups in total. The van der Waals surface area contributed by atoms with Crippen LogP contribution in [0.4, 0.5) is 0 Å². The molecular weight excluding hydrogens is 214 g/mol. The van der Waals surface area contributed by atoms with E-state index in [1.807, 2.05) is 18.4 Å². The van der Waals surface area contributed by atoms with Crippen molar-refractivity contribution in [3.8, 4) is 0 Å². The van der Waals surface area contributed by atoms with Crippen LogP contribution in [-0.4, -0.2) is 34.6 Å². The van der Waals surface area contributed by atoms with Crippen molar-refractivity contribution < 1.29 is 9.47 Å². The predicted molar refractivity (Wildman–Crippen MR) is 59.2 cm³/mol. The Morgan fingerprint density at radius 3 is 2.87 bits per heavy atom. The Morgan fingerprint density at radius 1 is 1.53 bits per heavy atom. The minimum absolute atomic E-state index is 0.186. The molecule has 1 aromatic rings. The summed E-state index contributed by atoms with van der Waals surface area (Å²) in [5.74, 6) is 0.811. The first-order chi connectivity index (χ1) is 7.15. The van der Waals surface area contributed by atoms with Gasteiger partial charge in [0.05, 0.1) is 19.3 Å². The summed E-state index contributed by atoms with van der Waals surface area (Å²) in [7, 11) is 1.66. The van der Waals surface area contributed by atoms with Crippen LogP contribution in [0, 0.1) is 4.77 Å². The molecule has 0 bridgehead atoms. The molecule has 0 saturated carbocycles. The molecule has 0 aliphatic rings. The van der Waals surface area contributed by atoms with Crippen molar-refractivity contribution in [2.24, 2.45) is 0 Å². The van der Waals surface area contributed by atoms with E-state index in [1.165, 1.54) is 0 Å². The minimum Gasteiger partial charge on any atom is -0.383 e. The summed E-state index contributed by atoms with van der Waals surface area (Å²) in [5.41, 5.74) is 0. The van der Waals surface area contributed by atoms with Crippen molar-refractivity contribution in [1.29, 1.82) is 0 Å². The van der Waals surface area contributed by atoms with E-state index in [4.69, 9.17) is 21.7 Å². The number of nitrogens with one attached hydrogen (secondary N) is 1. The molecule has 0 atom stereocenters. The van der Waals surface area contributed by atoms with E-state index >= 15 is 0 Å². The number of hydrogen-bond acceptors (Lipinski definition) is 4. The molecule has 0 spiro atoms. The minimum atomic E-state index is 0.186. The fraction of sp³-hybridized carbons (Fsp3) is 0.778. The van der Waals surface area contributed by atoms with E-state index in [1.54, 1.807) is 7.11 Å². The number of H-pyrrole nitrogens is 1. The zero-order valence-electron chi connectivity index (χ0n) is 9.32. The van der Waals surface area contributed by atoms with Crippen LogP contribution in [0.1, 0.15) is 19.7 Å². The maximum absolute atomic E-state index is 5.47. The summed E-state index contributed by atoms with van der Waals surface area (Å²) in [5, 5.41) is 6.86. The van der Waals surface area contributed by atoms with Crippen LogP contribution in [0.5, 0.6) is 0 Å². The molecule has 1 aromatic heterocycles. The quantitative estimate of drug-likeness (QED) is 0.754. The zero-order chi connectivity index (χ0) is 11.3. The maximum Gasteiger partial charge on any atom is 0.195 e. The summed E-state index contributed by atoms with van der Waals surface area (Å²) in [6.07, 6.45) is 0.186. The molecular formula is C9H17N3O2S. The lowest BCUT2D eigenvalue weighted by Crippen LogP contribution is -2.11. The van der Waals surface area contributed by atoms with Gasteiger partial charge in [-0.3, -0.25) is 9.67 Å². The van der Waals surface area contributed by atoms with E-state index in [9.17, 15) is 0 Å². The van der Waals surface area contributed by atoms with Gasteiger partial charge in [0.25, 0.3) is 0 Å². The number of ether oxygens (including phenoxy) is 2. The fourth-order valence-corrected chi connectivity index (χ4v) is 1.36. The molecule has 0 radical (unpaired) electrons.